The molecule has 4 rings (SSSR count). The Morgan fingerprint density at radius 2 is 1.83 bits per heavy atom. The van der Waals surface area contributed by atoms with E-state index in [0.717, 1.165) is 12.0 Å². The van der Waals surface area contributed by atoms with Crippen molar-refractivity contribution >= 4 is 40.0 Å². The Kier molecular flexibility index (Phi) is 6.98. The van der Waals surface area contributed by atoms with Crippen molar-refractivity contribution in [3.63, 3.8) is 0 Å². The quantitative estimate of drug-likeness (QED) is 0.377. The highest BCUT2D eigenvalue weighted by molar-refractivity contribution is 6.31. The summed E-state index contributed by atoms with van der Waals surface area (Å²) in [6.45, 7) is 3.63. The van der Waals surface area contributed by atoms with Crippen molar-refractivity contribution in [1.29, 1.82) is 0 Å². The van der Waals surface area contributed by atoms with Crippen LogP contribution in [-0.2, 0) is 17.8 Å². The van der Waals surface area contributed by atoms with E-state index in [1.165, 1.54) is 17.9 Å². The molecule has 2 heterocycles. The first kappa shape index (κ1) is 24.2. The number of nitrogens with one attached hydrogen (secondary N) is 1. The van der Waals surface area contributed by atoms with Gasteiger partial charge in [-0.1, -0.05) is 42.8 Å². The van der Waals surface area contributed by atoms with Gasteiger partial charge in [0, 0.05) is 22.5 Å². The molecule has 0 spiro atoms. The number of rotatable bonds is 7. The van der Waals surface area contributed by atoms with E-state index in [9.17, 15) is 14.4 Å². The van der Waals surface area contributed by atoms with Gasteiger partial charge in [0.15, 0.2) is 5.78 Å². The summed E-state index contributed by atoms with van der Waals surface area (Å²) in [5.41, 5.74) is 2.44. The molecule has 4 aromatic rings. The molecule has 0 saturated carbocycles. The van der Waals surface area contributed by atoms with Crippen LogP contribution in [0.3, 0.4) is 0 Å². The number of halogens is 1. The maximum Gasteiger partial charge on any atom is 0.244 e. The van der Waals surface area contributed by atoms with Crippen LogP contribution in [0.15, 0.2) is 65.6 Å². The van der Waals surface area contributed by atoms with E-state index in [1.54, 1.807) is 49.4 Å². The molecule has 8 heteroatoms. The van der Waals surface area contributed by atoms with Crippen LogP contribution in [0.1, 0.15) is 34.1 Å². The summed E-state index contributed by atoms with van der Waals surface area (Å²) in [5.74, 6) is -0.358. The van der Waals surface area contributed by atoms with E-state index >= 15 is 0 Å². The molecule has 0 aliphatic rings. The number of carbonyl (C=O) groups excluding carboxylic acids is 2. The van der Waals surface area contributed by atoms with Gasteiger partial charge < -0.3 is 14.6 Å². The van der Waals surface area contributed by atoms with Gasteiger partial charge in [-0.2, -0.15) is 0 Å². The summed E-state index contributed by atoms with van der Waals surface area (Å²) in [4.78, 5) is 43.9. The molecule has 0 aliphatic heterocycles. The van der Waals surface area contributed by atoms with Gasteiger partial charge in [0.05, 0.1) is 23.7 Å². The van der Waals surface area contributed by atoms with Crippen molar-refractivity contribution in [3.05, 3.63) is 98.4 Å². The molecule has 2 aromatic carbocycles. The zero-order valence-corrected chi connectivity index (χ0v) is 20.3. The second-order valence-electron chi connectivity index (χ2n) is 8.10. The van der Waals surface area contributed by atoms with Crippen LogP contribution in [0.5, 0.6) is 5.75 Å². The van der Waals surface area contributed by atoms with Gasteiger partial charge in [0.25, 0.3) is 0 Å². The third-order valence-corrected chi connectivity index (χ3v) is 5.91. The Bertz CT molecular complexity index is 1490. The first-order valence-corrected chi connectivity index (χ1v) is 11.5. The molecule has 2 aromatic heterocycles. The summed E-state index contributed by atoms with van der Waals surface area (Å²) in [5, 5.41) is 3.48. The van der Waals surface area contributed by atoms with E-state index in [-0.39, 0.29) is 17.5 Å². The number of aromatic nitrogens is 2. The maximum atomic E-state index is 13.3. The molecule has 1 N–H and O–H groups in total. The van der Waals surface area contributed by atoms with Gasteiger partial charge in [-0.3, -0.25) is 14.4 Å². The fourth-order valence-electron chi connectivity index (χ4n) is 3.81. The van der Waals surface area contributed by atoms with Crippen molar-refractivity contribution in [2.75, 3.05) is 12.4 Å². The zero-order valence-electron chi connectivity index (χ0n) is 19.6. The number of ketones is 1. The Hall–Kier alpha value is -3.97. The lowest BCUT2D eigenvalue weighted by atomic mass is 10.0. The monoisotopic (exact) mass is 489 g/mol. The van der Waals surface area contributed by atoms with Crippen LogP contribution < -0.4 is 15.5 Å². The molecule has 0 aliphatic carbocycles. The number of ether oxygens (including phenoxy) is 1. The number of hydrogen-bond donors (Lipinski definition) is 1. The second-order valence-corrected chi connectivity index (χ2v) is 8.53. The van der Waals surface area contributed by atoms with Gasteiger partial charge in [-0.15, -0.1) is 0 Å². The van der Waals surface area contributed by atoms with Crippen molar-refractivity contribution in [1.82, 2.24) is 9.55 Å². The highest BCUT2D eigenvalue weighted by Crippen LogP contribution is 2.27. The molecule has 0 unspecified atom stereocenters. The van der Waals surface area contributed by atoms with Crippen LogP contribution >= 0.6 is 11.6 Å². The van der Waals surface area contributed by atoms with Crippen LogP contribution in [0.25, 0.3) is 11.0 Å². The van der Waals surface area contributed by atoms with E-state index < -0.39 is 17.1 Å². The summed E-state index contributed by atoms with van der Waals surface area (Å²) >= 11 is 6.07. The maximum absolute atomic E-state index is 13.3. The average Bonchev–Trinajstić information content (AvgIpc) is 2.85. The molecule has 0 bridgehead atoms. The molecule has 35 heavy (non-hydrogen) atoms. The normalized spacial score (nSPS) is 10.9. The largest absolute Gasteiger partial charge is 0.495 e. The molecule has 0 saturated heterocycles. The van der Waals surface area contributed by atoms with Gasteiger partial charge in [0.1, 0.15) is 17.9 Å². The number of nitrogens with zero attached hydrogens (tertiary/aromatic N) is 2. The summed E-state index contributed by atoms with van der Waals surface area (Å²) < 4.78 is 6.81. The highest BCUT2D eigenvalue weighted by Gasteiger charge is 2.19. The average molecular weight is 490 g/mol. The first-order valence-electron chi connectivity index (χ1n) is 11.1. The summed E-state index contributed by atoms with van der Waals surface area (Å²) in [6.07, 6.45) is 2.25. The van der Waals surface area contributed by atoms with Gasteiger partial charge in [-0.25, -0.2) is 4.98 Å². The second kappa shape index (κ2) is 10.1. The van der Waals surface area contributed by atoms with Crippen molar-refractivity contribution in [2.24, 2.45) is 0 Å². The van der Waals surface area contributed by atoms with Gasteiger partial charge in [-0.05, 0) is 49.2 Å². The van der Waals surface area contributed by atoms with E-state index in [2.05, 4.69) is 10.3 Å². The third-order valence-electron chi connectivity index (χ3n) is 5.68. The van der Waals surface area contributed by atoms with Crippen molar-refractivity contribution in [3.8, 4) is 5.75 Å². The van der Waals surface area contributed by atoms with Crippen LogP contribution in [0.2, 0.25) is 5.02 Å². The third kappa shape index (κ3) is 5.10. The van der Waals surface area contributed by atoms with Crippen molar-refractivity contribution in [2.45, 2.75) is 26.8 Å². The fraction of sp³-hybridized carbons (Fsp3) is 0.185. The molecule has 7 nitrogen and oxygen atoms in total. The number of anilines is 1. The molecule has 1 amide bonds. The lowest BCUT2D eigenvalue weighted by Crippen LogP contribution is -2.25. The molecule has 0 radical (unpaired) electrons. The molecule has 0 atom stereocenters. The number of benzene rings is 2. The summed E-state index contributed by atoms with van der Waals surface area (Å²) in [6, 6.07) is 15.4. The number of amides is 1. The highest BCUT2D eigenvalue weighted by atomic mass is 35.5. The smallest absolute Gasteiger partial charge is 0.244 e. The minimum absolute atomic E-state index is 0.0273. The number of carbonyl (C=O) groups is 2. The Morgan fingerprint density at radius 3 is 2.51 bits per heavy atom. The van der Waals surface area contributed by atoms with E-state index in [1.807, 2.05) is 19.1 Å². The number of methoxy groups -OCH3 is 1. The fourth-order valence-corrected chi connectivity index (χ4v) is 3.98. The SMILES string of the molecule is CCc1ccc(C(=O)c2cn(CC(=O)Nc3cc(Cl)ccc3OC)c3nc(C)ccc3c2=O)cc1. The molecule has 0 fully saturated rings. The summed E-state index contributed by atoms with van der Waals surface area (Å²) in [7, 11) is 1.49. The number of aryl methyl sites for hydroxylation is 2. The first-order chi connectivity index (χ1) is 16.8. The lowest BCUT2D eigenvalue weighted by molar-refractivity contribution is -0.116. The van der Waals surface area contributed by atoms with Gasteiger partial charge >= 0.3 is 0 Å². The standard InChI is InChI=1S/C27H24ClN3O4/c1-4-17-6-8-18(9-7-17)25(33)21-14-31(27-20(26(21)34)11-5-16(2)29-27)15-24(32)30-22-13-19(28)10-12-23(22)35-3/h5-14H,4,15H2,1-3H3,(H,30,32). The number of fused-ring (bicyclic) bond motifs is 1. The Morgan fingerprint density at radius 1 is 1.09 bits per heavy atom. The predicted molar refractivity (Wildman–Crippen MR) is 137 cm³/mol. The number of pyridine rings is 2. The van der Waals surface area contributed by atoms with E-state index in [0.29, 0.717) is 33.4 Å². The molecule has 178 valence electrons. The Labute approximate surface area is 207 Å². The Balaban J connectivity index is 1.75. The lowest BCUT2D eigenvalue weighted by Gasteiger charge is -2.14. The number of hydrogen-bond acceptors (Lipinski definition) is 5. The molecular weight excluding hydrogens is 466 g/mol. The van der Waals surface area contributed by atoms with Crippen LogP contribution in [-0.4, -0.2) is 28.4 Å². The zero-order chi connectivity index (χ0) is 25.1. The predicted octanol–water partition coefficient (Wildman–Crippen LogP) is 4.80. The van der Waals surface area contributed by atoms with E-state index in [4.69, 9.17) is 16.3 Å². The van der Waals surface area contributed by atoms with Crippen LogP contribution in [0.4, 0.5) is 5.69 Å². The molecular formula is C27H24ClN3O4. The van der Waals surface area contributed by atoms with Crippen LogP contribution in [0, 0.1) is 6.92 Å². The van der Waals surface area contributed by atoms with Gasteiger partial charge in [0.2, 0.25) is 11.3 Å². The topological polar surface area (TPSA) is 90.3 Å². The minimum atomic E-state index is -0.426. The minimum Gasteiger partial charge on any atom is -0.495 e. The van der Waals surface area contributed by atoms with Crippen molar-refractivity contribution < 1.29 is 14.3 Å².